The van der Waals surface area contributed by atoms with E-state index in [-0.39, 0.29) is 6.04 Å². The lowest BCUT2D eigenvalue weighted by molar-refractivity contribution is 0.658. The molecule has 0 amide bonds. The average Bonchev–Trinajstić information content (AvgIpc) is 2.81. The Balaban J connectivity index is 2.10. The zero-order valence-electron chi connectivity index (χ0n) is 10.0. The molecule has 3 rings (SSSR count). The Morgan fingerprint density at radius 1 is 1.11 bits per heavy atom. The Morgan fingerprint density at radius 2 is 1.89 bits per heavy atom. The van der Waals surface area contributed by atoms with Crippen molar-refractivity contribution in [3.63, 3.8) is 0 Å². The van der Waals surface area contributed by atoms with Gasteiger partial charge < -0.3 is 4.57 Å². The first-order chi connectivity index (χ1) is 8.75. The average molecular weight is 257 g/mol. The van der Waals surface area contributed by atoms with Crippen molar-refractivity contribution < 1.29 is 0 Å². The van der Waals surface area contributed by atoms with Crippen LogP contribution in [-0.4, -0.2) is 9.55 Å². The molecule has 1 unspecified atom stereocenters. The third-order valence-corrected chi connectivity index (χ3v) is 3.47. The van der Waals surface area contributed by atoms with Crippen molar-refractivity contribution in [1.29, 1.82) is 0 Å². The Labute approximate surface area is 111 Å². The Hall–Kier alpha value is -1.80. The minimum absolute atomic E-state index is 0.261. The lowest BCUT2D eigenvalue weighted by atomic mass is 10.1. The van der Waals surface area contributed by atoms with Crippen LogP contribution < -0.4 is 0 Å². The number of rotatable bonds is 2. The van der Waals surface area contributed by atoms with Crippen molar-refractivity contribution in [2.45, 2.75) is 13.0 Å². The van der Waals surface area contributed by atoms with Crippen molar-refractivity contribution in [2.75, 3.05) is 0 Å². The highest BCUT2D eigenvalue weighted by atomic mass is 35.5. The molecule has 0 aliphatic rings. The van der Waals surface area contributed by atoms with Gasteiger partial charge in [0.1, 0.15) is 0 Å². The van der Waals surface area contributed by atoms with Gasteiger partial charge in [-0.15, -0.1) is 0 Å². The predicted molar refractivity (Wildman–Crippen MR) is 75.0 cm³/mol. The highest BCUT2D eigenvalue weighted by molar-refractivity contribution is 6.31. The smallest absolute Gasteiger partial charge is 0.0964 e. The Bertz CT molecular complexity index is 673. The van der Waals surface area contributed by atoms with Gasteiger partial charge in [0.2, 0.25) is 0 Å². The van der Waals surface area contributed by atoms with Crippen LogP contribution in [0.15, 0.2) is 54.9 Å². The van der Waals surface area contributed by atoms with Gasteiger partial charge in [0.25, 0.3) is 0 Å². The van der Waals surface area contributed by atoms with Gasteiger partial charge in [0.05, 0.1) is 23.4 Å². The molecule has 0 aliphatic carbocycles. The normalized spacial score (nSPS) is 12.8. The van der Waals surface area contributed by atoms with Gasteiger partial charge in [0.15, 0.2) is 0 Å². The van der Waals surface area contributed by atoms with Crippen LogP contribution in [0.2, 0.25) is 5.02 Å². The molecule has 0 fully saturated rings. The number of benzene rings is 2. The molecule has 0 saturated carbocycles. The summed E-state index contributed by atoms with van der Waals surface area (Å²) < 4.78 is 2.17. The highest BCUT2D eigenvalue weighted by Crippen LogP contribution is 2.24. The fraction of sp³-hybridized carbons (Fsp3) is 0.133. The molecule has 0 bridgehead atoms. The predicted octanol–water partition coefficient (Wildman–Crippen LogP) is 4.30. The Kier molecular flexibility index (Phi) is 2.80. The molecule has 0 saturated heterocycles. The van der Waals surface area contributed by atoms with Crippen molar-refractivity contribution in [2.24, 2.45) is 0 Å². The fourth-order valence-corrected chi connectivity index (χ4v) is 2.37. The zero-order valence-corrected chi connectivity index (χ0v) is 10.8. The molecule has 0 radical (unpaired) electrons. The maximum Gasteiger partial charge on any atom is 0.0964 e. The molecular formula is C15H13ClN2. The summed E-state index contributed by atoms with van der Waals surface area (Å²) in [5.74, 6) is 0. The van der Waals surface area contributed by atoms with Crippen molar-refractivity contribution >= 4 is 22.6 Å². The quantitative estimate of drug-likeness (QED) is 0.668. The van der Waals surface area contributed by atoms with E-state index in [0.29, 0.717) is 0 Å². The second kappa shape index (κ2) is 4.46. The van der Waals surface area contributed by atoms with Crippen LogP contribution in [0.5, 0.6) is 0 Å². The van der Waals surface area contributed by atoms with Crippen LogP contribution in [-0.2, 0) is 0 Å². The standard InChI is InChI=1S/C15H13ClN2/c1-11(12-5-3-2-4-6-12)18-10-17-14-9-13(16)7-8-15(14)18/h2-11H,1H3. The molecule has 0 N–H and O–H groups in total. The van der Waals surface area contributed by atoms with E-state index >= 15 is 0 Å². The van der Waals surface area contributed by atoms with E-state index in [2.05, 4.69) is 40.7 Å². The molecular weight excluding hydrogens is 244 g/mol. The van der Waals surface area contributed by atoms with Gasteiger partial charge in [-0.05, 0) is 30.7 Å². The lowest BCUT2D eigenvalue weighted by Gasteiger charge is -2.14. The summed E-state index contributed by atoms with van der Waals surface area (Å²) in [6, 6.07) is 16.5. The molecule has 3 aromatic rings. The van der Waals surface area contributed by atoms with Crippen LogP contribution in [0.1, 0.15) is 18.5 Å². The third kappa shape index (κ3) is 1.89. The molecule has 2 nitrogen and oxygen atoms in total. The van der Waals surface area contributed by atoms with E-state index in [4.69, 9.17) is 11.6 Å². The molecule has 18 heavy (non-hydrogen) atoms. The summed E-state index contributed by atoms with van der Waals surface area (Å²) in [4.78, 5) is 4.40. The summed E-state index contributed by atoms with van der Waals surface area (Å²) in [5.41, 5.74) is 3.31. The Morgan fingerprint density at radius 3 is 2.67 bits per heavy atom. The first-order valence-corrected chi connectivity index (χ1v) is 6.30. The van der Waals surface area contributed by atoms with Crippen molar-refractivity contribution in [1.82, 2.24) is 9.55 Å². The van der Waals surface area contributed by atoms with Crippen LogP contribution >= 0.6 is 11.6 Å². The van der Waals surface area contributed by atoms with Crippen LogP contribution in [0, 0.1) is 0 Å². The van der Waals surface area contributed by atoms with Crippen LogP contribution in [0.25, 0.3) is 11.0 Å². The highest BCUT2D eigenvalue weighted by Gasteiger charge is 2.11. The van der Waals surface area contributed by atoms with E-state index in [1.165, 1.54) is 5.56 Å². The first-order valence-electron chi connectivity index (χ1n) is 5.93. The van der Waals surface area contributed by atoms with Crippen LogP contribution in [0.3, 0.4) is 0 Å². The molecule has 1 atom stereocenters. The fourth-order valence-electron chi connectivity index (χ4n) is 2.21. The summed E-state index contributed by atoms with van der Waals surface area (Å²) in [7, 11) is 0. The topological polar surface area (TPSA) is 17.8 Å². The van der Waals surface area contributed by atoms with Crippen LogP contribution in [0.4, 0.5) is 0 Å². The second-order valence-corrected chi connectivity index (χ2v) is 4.81. The second-order valence-electron chi connectivity index (χ2n) is 4.37. The number of fused-ring (bicyclic) bond motifs is 1. The number of nitrogens with zero attached hydrogens (tertiary/aromatic N) is 2. The van der Waals surface area contributed by atoms with Gasteiger partial charge >= 0.3 is 0 Å². The molecule has 90 valence electrons. The lowest BCUT2D eigenvalue weighted by Crippen LogP contribution is -2.04. The molecule has 1 aromatic heterocycles. The number of hydrogen-bond donors (Lipinski definition) is 0. The number of aromatic nitrogens is 2. The maximum absolute atomic E-state index is 5.98. The van der Waals surface area contributed by atoms with E-state index in [0.717, 1.165) is 16.1 Å². The molecule has 0 spiro atoms. The van der Waals surface area contributed by atoms with E-state index < -0.39 is 0 Å². The number of imidazole rings is 1. The zero-order chi connectivity index (χ0) is 12.5. The molecule has 3 heteroatoms. The van der Waals surface area contributed by atoms with Gasteiger partial charge in [0, 0.05) is 5.02 Å². The molecule has 0 aliphatic heterocycles. The van der Waals surface area contributed by atoms with E-state index in [9.17, 15) is 0 Å². The number of hydrogen-bond acceptors (Lipinski definition) is 1. The van der Waals surface area contributed by atoms with Gasteiger partial charge in [-0.1, -0.05) is 41.9 Å². The van der Waals surface area contributed by atoms with E-state index in [1.54, 1.807) is 0 Å². The van der Waals surface area contributed by atoms with E-state index in [1.807, 2.05) is 30.6 Å². The third-order valence-electron chi connectivity index (χ3n) is 3.24. The maximum atomic E-state index is 5.98. The summed E-state index contributed by atoms with van der Waals surface area (Å²) in [5, 5.41) is 0.722. The summed E-state index contributed by atoms with van der Waals surface area (Å²) in [6.45, 7) is 2.17. The summed E-state index contributed by atoms with van der Waals surface area (Å²) in [6.07, 6.45) is 1.87. The summed E-state index contributed by atoms with van der Waals surface area (Å²) >= 11 is 5.98. The SMILES string of the molecule is CC(c1ccccc1)n1cnc2cc(Cl)ccc21. The van der Waals surface area contributed by atoms with Crippen molar-refractivity contribution in [3.8, 4) is 0 Å². The molecule has 1 heterocycles. The molecule has 2 aromatic carbocycles. The van der Waals surface area contributed by atoms with Gasteiger partial charge in [-0.25, -0.2) is 4.98 Å². The minimum atomic E-state index is 0.261. The van der Waals surface area contributed by atoms with Gasteiger partial charge in [-0.3, -0.25) is 0 Å². The largest absolute Gasteiger partial charge is 0.323 e. The number of halogens is 1. The van der Waals surface area contributed by atoms with Gasteiger partial charge in [-0.2, -0.15) is 0 Å². The minimum Gasteiger partial charge on any atom is -0.323 e. The monoisotopic (exact) mass is 256 g/mol. The van der Waals surface area contributed by atoms with Crippen molar-refractivity contribution in [3.05, 3.63) is 65.4 Å². The first kappa shape index (κ1) is 11.3.